The van der Waals surface area contributed by atoms with Crippen LogP contribution in [0.2, 0.25) is 0 Å². The Morgan fingerprint density at radius 1 is 1.33 bits per heavy atom. The third-order valence-corrected chi connectivity index (χ3v) is 3.19. The Morgan fingerprint density at radius 3 is 2.60 bits per heavy atom. The summed E-state index contributed by atoms with van der Waals surface area (Å²) in [5, 5.41) is 21.9. The minimum absolute atomic E-state index is 0.178. The molecule has 2 atom stereocenters. The lowest BCUT2D eigenvalue weighted by molar-refractivity contribution is 0.231. The number of benzene rings is 1. The van der Waals surface area contributed by atoms with E-state index in [1.807, 2.05) is 12.1 Å². The molecule has 0 aromatic heterocycles. The van der Waals surface area contributed by atoms with E-state index >= 15 is 0 Å². The van der Waals surface area contributed by atoms with Gasteiger partial charge in [-0.05, 0) is 43.1 Å². The van der Waals surface area contributed by atoms with Gasteiger partial charge in [-0.1, -0.05) is 12.1 Å². The first-order valence-electron chi connectivity index (χ1n) is 5.42. The van der Waals surface area contributed by atoms with E-state index in [1.54, 1.807) is 12.1 Å². The van der Waals surface area contributed by atoms with E-state index < -0.39 is 0 Å². The highest BCUT2D eigenvalue weighted by atomic mass is 16.3. The number of phenolic OH excluding ortho intramolecular Hbond substituents is 1. The van der Waals surface area contributed by atoms with Crippen molar-refractivity contribution in [1.82, 2.24) is 5.32 Å². The Bertz CT molecular complexity index is 304. The first-order valence-corrected chi connectivity index (χ1v) is 5.42. The predicted molar refractivity (Wildman–Crippen MR) is 58.9 cm³/mol. The zero-order valence-corrected chi connectivity index (χ0v) is 8.69. The van der Waals surface area contributed by atoms with Gasteiger partial charge in [0.1, 0.15) is 5.75 Å². The highest BCUT2D eigenvalue weighted by molar-refractivity contribution is 5.29. The van der Waals surface area contributed by atoms with Crippen molar-refractivity contribution in [2.24, 2.45) is 5.92 Å². The molecule has 82 valence electrons. The summed E-state index contributed by atoms with van der Waals surface area (Å²) in [5.41, 5.74) is 1.11. The largest absolute Gasteiger partial charge is 0.508 e. The Balaban J connectivity index is 2.14. The molecule has 2 rings (SSSR count). The molecule has 0 bridgehead atoms. The molecule has 0 saturated carbocycles. The lowest BCUT2D eigenvalue weighted by Gasteiger charge is -2.20. The molecule has 1 aromatic carbocycles. The zero-order valence-electron chi connectivity index (χ0n) is 8.69. The van der Waals surface area contributed by atoms with Crippen LogP contribution >= 0.6 is 0 Å². The highest BCUT2D eigenvalue weighted by Crippen LogP contribution is 2.29. The van der Waals surface area contributed by atoms with Crippen molar-refractivity contribution in [1.29, 1.82) is 0 Å². The van der Waals surface area contributed by atoms with E-state index in [2.05, 4.69) is 5.32 Å². The van der Waals surface area contributed by atoms with E-state index in [9.17, 15) is 10.2 Å². The number of nitrogens with one attached hydrogen (secondary N) is 1. The molecular weight excluding hydrogens is 190 g/mol. The van der Waals surface area contributed by atoms with Crippen molar-refractivity contribution in [2.75, 3.05) is 19.7 Å². The van der Waals surface area contributed by atoms with Gasteiger partial charge in [0.2, 0.25) is 0 Å². The first kappa shape index (κ1) is 10.5. The molecule has 1 aromatic rings. The SMILES string of the molecule is OCC(c1ccc(O)cc1)C1CCNC1. The van der Waals surface area contributed by atoms with Gasteiger partial charge < -0.3 is 15.5 Å². The lowest BCUT2D eigenvalue weighted by atomic mass is 9.86. The summed E-state index contributed by atoms with van der Waals surface area (Å²) in [5.74, 6) is 0.986. The summed E-state index contributed by atoms with van der Waals surface area (Å²) >= 11 is 0. The van der Waals surface area contributed by atoms with Gasteiger partial charge in [0, 0.05) is 5.92 Å². The van der Waals surface area contributed by atoms with Crippen molar-refractivity contribution in [3.8, 4) is 5.75 Å². The minimum Gasteiger partial charge on any atom is -0.508 e. The van der Waals surface area contributed by atoms with Crippen LogP contribution in [-0.2, 0) is 0 Å². The number of aliphatic hydroxyl groups is 1. The summed E-state index contributed by atoms with van der Waals surface area (Å²) in [6, 6.07) is 7.16. The highest BCUT2D eigenvalue weighted by Gasteiger charge is 2.25. The van der Waals surface area contributed by atoms with Gasteiger partial charge in [-0.25, -0.2) is 0 Å². The molecule has 1 aliphatic heterocycles. The molecular formula is C12H17NO2. The summed E-state index contributed by atoms with van der Waals surface area (Å²) in [6.45, 7) is 2.20. The van der Waals surface area contributed by atoms with Crippen LogP contribution in [0, 0.1) is 5.92 Å². The maximum atomic E-state index is 9.42. The molecule has 0 aliphatic carbocycles. The third-order valence-electron chi connectivity index (χ3n) is 3.19. The van der Waals surface area contributed by atoms with Gasteiger partial charge in [0.15, 0.2) is 0 Å². The van der Waals surface area contributed by atoms with Crippen molar-refractivity contribution in [3.63, 3.8) is 0 Å². The van der Waals surface area contributed by atoms with Crippen molar-refractivity contribution < 1.29 is 10.2 Å². The Morgan fingerprint density at radius 2 is 2.07 bits per heavy atom. The Labute approximate surface area is 89.8 Å². The molecule has 1 aliphatic rings. The minimum atomic E-state index is 0.178. The standard InChI is InChI=1S/C12H17NO2/c14-8-12(10-5-6-13-7-10)9-1-3-11(15)4-2-9/h1-4,10,12-15H,5-8H2. The first-order chi connectivity index (χ1) is 7.31. The number of rotatable bonds is 3. The molecule has 1 fully saturated rings. The van der Waals surface area contributed by atoms with Crippen LogP contribution in [0.3, 0.4) is 0 Å². The van der Waals surface area contributed by atoms with Crippen molar-refractivity contribution in [3.05, 3.63) is 29.8 Å². The Kier molecular flexibility index (Phi) is 3.23. The van der Waals surface area contributed by atoms with E-state index in [0.29, 0.717) is 5.92 Å². The molecule has 0 spiro atoms. The molecule has 1 saturated heterocycles. The number of hydrogen-bond acceptors (Lipinski definition) is 3. The number of hydrogen-bond donors (Lipinski definition) is 3. The van der Waals surface area contributed by atoms with Gasteiger partial charge in [-0.2, -0.15) is 0 Å². The Hall–Kier alpha value is -1.06. The normalized spacial score (nSPS) is 22.9. The number of aromatic hydroxyl groups is 1. The average molecular weight is 207 g/mol. The summed E-state index contributed by atoms with van der Waals surface area (Å²) in [4.78, 5) is 0. The second-order valence-electron chi connectivity index (χ2n) is 4.13. The molecule has 0 amide bonds. The maximum Gasteiger partial charge on any atom is 0.115 e. The fourth-order valence-corrected chi connectivity index (χ4v) is 2.27. The van der Waals surface area contributed by atoms with Gasteiger partial charge >= 0.3 is 0 Å². The van der Waals surface area contributed by atoms with E-state index in [0.717, 1.165) is 25.1 Å². The smallest absolute Gasteiger partial charge is 0.115 e. The summed E-state index contributed by atoms with van der Waals surface area (Å²) in [7, 11) is 0. The fourth-order valence-electron chi connectivity index (χ4n) is 2.27. The molecule has 2 unspecified atom stereocenters. The fraction of sp³-hybridized carbons (Fsp3) is 0.500. The molecule has 1 heterocycles. The molecule has 3 N–H and O–H groups in total. The van der Waals surface area contributed by atoms with Crippen LogP contribution in [-0.4, -0.2) is 29.9 Å². The predicted octanol–water partition coefficient (Wildman–Crippen LogP) is 1.08. The summed E-state index contributed by atoms with van der Waals surface area (Å²) in [6.07, 6.45) is 1.12. The van der Waals surface area contributed by atoms with Crippen molar-refractivity contribution >= 4 is 0 Å². The monoisotopic (exact) mass is 207 g/mol. The number of phenols is 1. The van der Waals surface area contributed by atoms with E-state index in [4.69, 9.17) is 0 Å². The van der Waals surface area contributed by atoms with Crippen LogP contribution < -0.4 is 5.32 Å². The molecule has 15 heavy (non-hydrogen) atoms. The summed E-state index contributed by atoms with van der Waals surface area (Å²) < 4.78 is 0. The lowest BCUT2D eigenvalue weighted by Crippen LogP contribution is -2.19. The van der Waals surface area contributed by atoms with E-state index in [1.165, 1.54) is 0 Å². The molecule has 0 radical (unpaired) electrons. The van der Waals surface area contributed by atoms with Crippen LogP contribution in [0.25, 0.3) is 0 Å². The van der Waals surface area contributed by atoms with Gasteiger partial charge in [0.05, 0.1) is 6.61 Å². The van der Waals surface area contributed by atoms with Crippen molar-refractivity contribution in [2.45, 2.75) is 12.3 Å². The third kappa shape index (κ3) is 2.30. The zero-order chi connectivity index (χ0) is 10.7. The van der Waals surface area contributed by atoms with E-state index in [-0.39, 0.29) is 18.3 Å². The molecule has 3 nitrogen and oxygen atoms in total. The van der Waals surface area contributed by atoms with Gasteiger partial charge in [-0.15, -0.1) is 0 Å². The average Bonchev–Trinajstić information content (AvgIpc) is 2.75. The maximum absolute atomic E-state index is 9.42. The topological polar surface area (TPSA) is 52.5 Å². The van der Waals surface area contributed by atoms with Crippen LogP contribution in [0.4, 0.5) is 0 Å². The van der Waals surface area contributed by atoms with Gasteiger partial charge in [-0.3, -0.25) is 0 Å². The quantitative estimate of drug-likeness (QED) is 0.695. The molecule has 3 heteroatoms. The van der Waals surface area contributed by atoms with Crippen LogP contribution in [0.5, 0.6) is 5.75 Å². The second kappa shape index (κ2) is 4.64. The van der Waals surface area contributed by atoms with Gasteiger partial charge in [0.25, 0.3) is 0 Å². The number of aliphatic hydroxyl groups excluding tert-OH is 1. The second-order valence-corrected chi connectivity index (χ2v) is 4.13. The van der Waals surface area contributed by atoms with Crippen LogP contribution in [0.1, 0.15) is 17.9 Å². The van der Waals surface area contributed by atoms with Crippen LogP contribution in [0.15, 0.2) is 24.3 Å².